The summed E-state index contributed by atoms with van der Waals surface area (Å²) >= 11 is 1.43. The van der Waals surface area contributed by atoms with E-state index in [-0.39, 0.29) is 17.1 Å². The Labute approximate surface area is 119 Å². The fraction of sp³-hybridized carbons (Fsp3) is 0.231. The minimum absolute atomic E-state index is 0.0881. The van der Waals surface area contributed by atoms with E-state index in [0.29, 0.717) is 5.13 Å². The normalized spacial score (nSPS) is 13.8. The molecule has 4 N–H and O–H groups in total. The second-order valence-electron chi connectivity index (χ2n) is 4.47. The molecule has 0 radical (unpaired) electrons. The first-order valence-electron chi connectivity index (χ1n) is 6.16. The maximum absolute atomic E-state index is 12.1. The van der Waals surface area contributed by atoms with Gasteiger partial charge in [-0.2, -0.15) is 0 Å². The van der Waals surface area contributed by atoms with Crippen molar-refractivity contribution < 1.29 is 15.0 Å². The molecular weight excluding hydrogens is 278 g/mol. The molecule has 0 saturated carbocycles. The van der Waals surface area contributed by atoms with Crippen molar-refractivity contribution >= 4 is 22.4 Å². The summed E-state index contributed by atoms with van der Waals surface area (Å²) in [7, 11) is 0. The number of nitrogens with one attached hydrogen (secondary N) is 2. The predicted octanol–water partition coefficient (Wildman–Crippen LogP) is 1.45. The SMILES string of the molecule is O=C(Nc1nc2c(s1)CNCC2)c1ccc(O)cc1O. The molecule has 2 heterocycles. The third-order valence-corrected chi connectivity index (χ3v) is 4.06. The van der Waals surface area contributed by atoms with Gasteiger partial charge in [-0.15, -0.1) is 11.3 Å². The Kier molecular flexibility index (Phi) is 3.29. The Hall–Kier alpha value is -2.12. The number of hydrogen-bond donors (Lipinski definition) is 4. The summed E-state index contributed by atoms with van der Waals surface area (Å²) in [5, 5.41) is 25.3. The van der Waals surface area contributed by atoms with Crippen LogP contribution in [0.25, 0.3) is 0 Å². The lowest BCUT2D eigenvalue weighted by Gasteiger charge is -2.09. The van der Waals surface area contributed by atoms with Crippen LogP contribution in [0.4, 0.5) is 5.13 Å². The third-order valence-electron chi connectivity index (χ3n) is 3.05. The number of anilines is 1. The molecule has 104 valence electrons. The lowest BCUT2D eigenvalue weighted by molar-refractivity contribution is 0.102. The van der Waals surface area contributed by atoms with E-state index < -0.39 is 5.91 Å². The van der Waals surface area contributed by atoms with Gasteiger partial charge < -0.3 is 15.5 Å². The van der Waals surface area contributed by atoms with Gasteiger partial charge >= 0.3 is 0 Å². The first-order valence-corrected chi connectivity index (χ1v) is 6.98. The molecule has 20 heavy (non-hydrogen) atoms. The largest absolute Gasteiger partial charge is 0.508 e. The molecule has 1 aliphatic rings. The zero-order valence-electron chi connectivity index (χ0n) is 10.5. The lowest BCUT2D eigenvalue weighted by Crippen LogP contribution is -2.22. The van der Waals surface area contributed by atoms with Gasteiger partial charge in [-0.3, -0.25) is 10.1 Å². The van der Waals surface area contributed by atoms with E-state index in [9.17, 15) is 15.0 Å². The smallest absolute Gasteiger partial charge is 0.261 e. The van der Waals surface area contributed by atoms with E-state index in [1.165, 1.54) is 23.5 Å². The fourth-order valence-electron chi connectivity index (χ4n) is 2.06. The molecule has 1 aromatic carbocycles. The average Bonchev–Trinajstić information content (AvgIpc) is 2.80. The molecule has 0 aliphatic carbocycles. The number of phenols is 2. The van der Waals surface area contributed by atoms with Crippen molar-refractivity contribution in [1.29, 1.82) is 0 Å². The maximum Gasteiger partial charge on any atom is 0.261 e. The second-order valence-corrected chi connectivity index (χ2v) is 5.55. The molecule has 0 fully saturated rings. The Morgan fingerprint density at radius 3 is 3.00 bits per heavy atom. The van der Waals surface area contributed by atoms with Crippen LogP contribution < -0.4 is 10.6 Å². The Bertz CT molecular complexity index is 645. The summed E-state index contributed by atoms with van der Waals surface area (Å²) in [6.45, 7) is 1.66. The molecule has 7 heteroatoms. The minimum Gasteiger partial charge on any atom is -0.508 e. The molecule has 1 aliphatic heterocycles. The number of carbonyl (C=O) groups is 1. The molecule has 0 bridgehead atoms. The zero-order chi connectivity index (χ0) is 14.1. The van der Waals surface area contributed by atoms with Crippen LogP contribution in [0.5, 0.6) is 11.5 Å². The summed E-state index contributed by atoms with van der Waals surface area (Å²) < 4.78 is 0. The van der Waals surface area contributed by atoms with E-state index in [1.54, 1.807) is 0 Å². The number of benzene rings is 1. The van der Waals surface area contributed by atoms with Gasteiger partial charge in [0, 0.05) is 30.5 Å². The molecule has 1 aromatic heterocycles. The topological polar surface area (TPSA) is 94.5 Å². The predicted molar refractivity (Wildman–Crippen MR) is 75.2 cm³/mol. The van der Waals surface area contributed by atoms with Crippen molar-refractivity contribution in [3.8, 4) is 11.5 Å². The highest BCUT2D eigenvalue weighted by Gasteiger charge is 2.18. The monoisotopic (exact) mass is 291 g/mol. The van der Waals surface area contributed by atoms with E-state index >= 15 is 0 Å². The highest BCUT2D eigenvalue weighted by molar-refractivity contribution is 7.15. The molecule has 3 rings (SSSR count). The molecule has 0 spiro atoms. The van der Waals surface area contributed by atoms with Gasteiger partial charge in [-0.05, 0) is 12.1 Å². The molecule has 6 nitrogen and oxygen atoms in total. The first kappa shape index (κ1) is 12.9. The standard InChI is InChI=1S/C13H13N3O3S/c17-7-1-2-8(10(18)5-7)12(19)16-13-15-9-3-4-14-6-11(9)20-13/h1-2,5,14,17-18H,3-4,6H2,(H,15,16,19). The molecule has 2 aromatic rings. The van der Waals surface area contributed by atoms with Gasteiger partial charge in [0.25, 0.3) is 5.91 Å². The molecule has 0 atom stereocenters. The number of aromatic nitrogens is 1. The molecule has 0 saturated heterocycles. The zero-order valence-corrected chi connectivity index (χ0v) is 11.3. The summed E-state index contributed by atoms with van der Waals surface area (Å²) in [6.07, 6.45) is 0.853. The summed E-state index contributed by atoms with van der Waals surface area (Å²) in [4.78, 5) is 17.6. The van der Waals surface area contributed by atoms with Crippen molar-refractivity contribution in [3.05, 3.63) is 34.3 Å². The van der Waals surface area contributed by atoms with Crippen molar-refractivity contribution in [2.45, 2.75) is 13.0 Å². The molecule has 0 unspecified atom stereocenters. The number of nitrogens with zero attached hydrogens (tertiary/aromatic N) is 1. The van der Waals surface area contributed by atoms with Crippen LogP contribution in [0.3, 0.4) is 0 Å². The number of hydrogen-bond acceptors (Lipinski definition) is 6. The van der Waals surface area contributed by atoms with E-state index in [1.807, 2.05) is 0 Å². The van der Waals surface area contributed by atoms with Crippen LogP contribution in [0.2, 0.25) is 0 Å². The van der Waals surface area contributed by atoms with Crippen molar-refractivity contribution in [1.82, 2.24) is 10.3 Å². The number of phenolic OH excluding ortho intramolecular Hbond substituents is 2. The van der Waals surface area contributed by atoms with Crippen LogP contribution in [0.15, 0.2) is 18.2 Å². The highest BCUT2D eigenvalue weighted by atomic mass is 32.1. The van der Waals surface area contributed by atoms with Gasteiger partial charge in [0.05, 0.1) is 11.3 Å². The van der Waals surface area contributed by atoms with E-state index in [0.717, 1.165) is 36.1 Å². The summed E-state index contributed by atoms with van der Waals surface area (Å²) in [6, 6.07) is 3.85. The second kappa shape index (κ2) is 5.10. The molecule has 1 amide bonds. The van der Waals surface area contributed by atoms with E-state index in [4.69, 9.17) is 0 Å². The number of aromatic hydroxyl groups is 2. The highest BCUT2D eigenvalue weighted by Crippen LogP contribution is 2.27. The minimum atomic E-state index is -0.443. The number of thiazole rings is 1. The summed E-state index contributed by atoms with van der Waals surface area (Å²) in [5.74, 6) is -0.790. The number of fused-ring (bicyclic) bond motifs is 1. The van der Waals surface area contributed by atoms with Gasteiger partial charge in [0.1, 0.15) is 11.5 Å². The van der Waals surface area contributed by atoms with Gasteiger partial charge in [0.15, 0.2) is 5.13 Å². The fourth-order valence-corrected chi connectivity index (χ4v) is 3.03. The van der Waals surface area contributed by atoms with Crippen molar-refractivity contribution in [2.24, 2.45) is 0 Å². The average molecular weight is 291 g/mol. The number of rotatable bonds is 2. The van der Waals surface area contributed by atoms with Crippen LogP contribution >= 0.6 is 11.3 Å². The van der Waals surface area contributed by atoms with Gasteiger partial charge in [-0.25, -0.2) is 4.98 Å². The number of amides is 1. The van der Waals surface area contributed by atoms with E-state index in [2.05, 4.69) is 15.6 Å². The molecular formula is C13H13N3O3S. The van der Waals surface area contributed by atoms with Crippen molar-refractivity contribution in [2.75, 3.05) is 11.9 Å². The summed E-state index contributed by atoms with van der Waals surface area (Å²) in [5.41, 5.74) is 1.12. The van der Waals surface area contributed by atoms with Crippen LogP contribution in [-0.4, -0.2) is 27.6 Å². The maximum atomic E-state index is 12.1. The first-order chi connectivity index (χ1) is 9.63. The van der Waals surface area contributed by atoms with Gasteiger partial charge in [-0.1, -0.05) is 0 Å². The van der Waals surface area contributed by atoms with Crippen molar-refractivity contribution in [3.63, 3.8) is 0 Å². The Balaban J connectivity index is 1.80. The number of carbonyl (C=O) groups excluding carboxylic acids is 1. The lowest BCUT2D eigenvalue weighted by atomic mass is 10.2. The Morgan fingerprint density at radius 1 is 1.40 bits per heavy atom. The Morgan fingerprint density at radius 2 is 2.25 bits per heavy atom. The van der Waals surface area contributed by atoms with Crippen LogP contribution in [0, 0.1) is 0 Å². The third kappa shape index (κ3) is 2.45. The van der Waals surface area contributed by atoms with Gasteiger partial charge in [0.2, 0.25) is 0 Å². The van der Waals surface area contributed by atoms with Crippen LogP contribution in [0.1, 0.15) is 20.9 Å². The quantitative estimate of drug-likeness (QED) is 0.672. The van der Waals surface area contributed by atoms with Crippen LogP contribution in [-0.2, 0) is 13.0 Å².